The van der Waals surface area contributed by atoms with Crippen molar-refractivity contribution in [2.45, 2.75) is 39.7 Å². The maximum Gasteiger partial charge on any atom is 0.0540 e. The zero-order valence-electron chi connectivity index (χ0n) is 11.9. The topological polar surface area (TPSA) is 23.5 Å². The number of rotatable bonds is 3. The van der Waals surface area contributed by atoms with E-state index >= 15 is 0 Å². The van der Waals surface area contributed by atoms with Crippen molar-refractivity contribution in [3.63, 3.8) is 0 Å². The monoisotopic (exact) mass is 277 g/mol. The van der Waals surface area contributed by atoms with E-state index in [-0.39, 0.29) is 6.61 Å². The zero-order chi connectivity index (χ0) is 13.7. The van der Waals surface area contributed by atoms with Crippen LogP contribution >= 0.6 is 11.3 Å². The molecule has 1 fully saturated rings. The van der Waals surface area contributed by atoms with Crippen molar-refractivity contribution < 1.29 is 5.11 Å². The Hall–Kier alpha value is -0.820. The van der Waals surface area contributed by atoms with Gasteiger partial charge >= 0.3 is 0 Å². The van der Waals surface area contributed by atoms with Gasteiger partial charge in [-0.05, 0) is 42.8 Å². The Morgan fingerprint density at radius 2 is 2.11 bits per heavy atom. The largest absolute Gasteiger partial charge is 0.395 e. The standard InChI is InChI=1S/C16H23NOS/c1-16(2)7-9-17(10-8-16)13-15-14(6-12-19-15)5-3-4-11-18/h6,12,18H,4,7-11,13H2,1-2H3. The molecule has 0 amide bonds. The van der Waals surface area contributed by atoms with Crippen LogP contribution in [0.2, 0.25) is 0 Å². The molecular weight excluding hydrogens is 254 g/mol. The zero-order valence-corrected chi connectivity index (χ0v) is 12.7. The average Bonchev–Trinajstić information content (AvgIpc) is 2.80. The first-order chi connectivity index (χ1) is 9.11. The molecule has 104 valence electrons. The lowest BCUT2D eigenvalue weighted by Crippen LogP contribution is -2.36. The number of piperidine rings is 1. The number of hydrogen-bond acceptors (Lipinski definition) is 3. The van der Waals surface area contributed by atoms with Gasteiger partial charge in [0.25, 0.3) is 0 Å². The number of thiophene rings is 1. The molecule has 1 aliphatic rings. The Morgan fingerprint density at radius 3 is 2.79 bits per heavy atom. The highest BCUT2D eigenvalue weighted by Gasteiger charge is 2.25. The summed E-state index contributed by atoms with van der Waals surface area (Å²) in [7, 11) is 0. The van der Waals surface area contributed by atoms with Crippen molar-refractivity contribution in [3.8, 4) is 11.8 Å². The van der Waals surface area contributed by atoms with Crippen LogP contribution < -0.4 is 0 Å². The van der Waals surface area contributed by atoms with Crippen LogP contribution in [0, 0.1) is 17.3 Å². The van der Waals surface area contributed by atoms with Crippen LogP contribution in [-0.4, -0.2) is 29.7 Å². The van der Waals surface area contributed by atoms with E-state index in [0.717, 1.165) is 12.1 Å². The fourth-order valence-electron chi connectivity index (χ4n) is 2.31. The molecule has 2 heterocycles. The fraction of sp³-hybridized carbons (Fsp3) is 0.625. The molecule has 0 unspecified atom stereocenters. The normalized spacial score (nSPS) is 18.9. The van der Waals surface area contributed by atoms with E-state index in [2.05, 4.69) is 42.0 Å². The van der Waals surface area contributed by atoms with E-state index < -0.39 is 0 Å². The van der Waals surface area contributed by atoms with E-state index in [1.165, 1.54) is 30.8 Å². The number of nitrogens with zero attached hydrogens (tertiary/aromatic N) is 1. The third-order valence-corrected chi connectivity index (χ3v) is 4.69. The summed E-state index contributed by atoms with van der Waals surface area (Å²) < 4.78 is 0. The highest BCUT2D eigenvalue weighted by atomic mass is 32.1. The van der Waals surface area contributed by atoms with Crippen LogP contribution in [0.4, 0.5) is 0 Å². The summed E-state index contributed by atoms with van der Waals surface area (Å²) in [6.07, 6.45) is 3.13. The van der Waals surface area contributed by atoms with Crippen molar-refractivity contribution in [1.82, 2.24) is 4.90 Å². The molecule has 1 aromatic rings. The molecule has 0 spiro atoms. The molecule has 1 aliphatic heterocycles. The number of hydrogen-bond donors (Lipinski definition) is 1. The molecule has 2 nitrogen and oxygen atoms in total. The lowest BCUT2D eigenvalue weighted by Gasteiger charge is -2.36. The maximum atomic E-state index is 8.77. The third kappa shape index (κ3) is 4.35. The SMILES string of the molecule is CC1(C)CCN(Cc2sccc2C#CCCO)CC1. The van der Waals surface area contributed by atoms with Gasteiger partial charge in [-0.1, -0.05) is 25.7 Å². The molecule has 1 N–H and O–H groups in total. The highest BCUT2D eigenvalue weighted by molar-refractivity contribution is 7.10. The smallest absolute Gasteiger partial charge is 0.0540 e. The Kier molecular flexibility index (Phi) is 5.04. The van der Waals surface area contributed by atoms with Crippen molar-refractivity contribution in [3.05, 3.63) is 21.9 Å². The summed E-state index contributed by atoms with van der Waals surface area (Å²) in [5.74, 6) is 6.19. The number of likely N-dealkylation sites (tertiary alicyclic amines) is 1. The minimum atomic E-state index is 0.147. The molecule has 0 aromatic carbocycles. The lowest BCUT2D eigenvalue weighted by molar-refractivity contribution is 0.128. The summed E-state index contributed by atoms with van der Waals surface area (Å²) in [5.41, 5.74) is 1.65. The van der Waals surface area contributed by atoms with Crippen LogP contribution in [0.3, 0.4) is 0 Å². The number of aliphatic hydroxyl groups is 1. The Balaban J connectivity index is 1.94. The first-order valence-corrected chi connectivity index (χ1v) is 7.87. The molecule has 0 aliphatic carbocycles. The number of aliphatic hydroxyl groups excluding tert-OH is 1. The summed E-state index contributed by atoms with van der Waals surface area (Å²) in [4.78, 5) is 3.90. The van der Waals surface area contributed by atoms with Gasteiger partial charge in [0.2, 0.25) is 0 Å². The van der Waals surface area contributed by atoms with Crippen LogP contribution in [-0.2, 0) is 6.54 Å². The summed E-state index contributed by atoms with van der Waals surface area (Å²) in [5, 5.41) is 10.9. The molecule has 0 saturated carbocycles. The second kappa shape index (κ2) is 6.56. The van der Waals surface area contributed by atoms with Gasteiger partial charge in [-0.25, -0.2) is 0 Å². The molecule has 0 atom stereocenters. The minimum Gasteiger partial charge on any atom is -0.395 e. The van der Waals surface area contributed by atoms with Gasteiger partial charge < -0.3 is 5.11 Å². The van der Waals surface area contributed by atoms with Gasteiger partial charge in [-0.15, -0.1) is 11.3 Å². The van der Waals surface area contributed by atoms with Crippen molar-refractivity contribution in [1.29, 1.82) is 0 Å². The molecule has 19 heavy (non-hydrogen) atoms. The second-order valence-corrected chi connectivity index (χ2v) is 6.97. The van der Waals surface area contributed by atoms with Crippen LogP contribution in [0.5, 0.6) is 0 Å². The van der Waals surface area contributed by atoms with Gasteiger partial charge in [-0.3, -0.25) is 4.90 Å². The molecular formula is C16H23NOS. The molecule has 3 heteroatoms. The molecule has 0 radical (unpaired) electrons. The van der Waals surface area contributed by atoms with Gasteiger partial charge in [0, 0.05) is 23.4 Å². The van der Waals surface area contributed by atoms with Gasteiger partial charge in [0.05, 0.1) is 6.61 Å². The van der Waals surface area contributed by atoms with Crippen molar-refractivity contribution >= 4 is 11.3 Å². The first-order valence-electron chi connectivity index (χ1n) is 6.99. The molecule has 1 saturated heterocycles. The quantitative estimate of drug-likeness (QED) is 0.858. The predicted octanol–water partition coefficient (Wildman–Crippen LogP) is 3.10. The summed E-state index contributed by atoms with van der Waals surface area (Å²) in [6.45, 7) is 8.27. The summed E-state index contributed by atoms with van der Waals surface area (Å²) >= 11 is 1.79. The Bertz CT molecular complexity index is 457. The van der Waals surface area contributed by atoms with E-state index in [1.807, 2.05) is 0 Å². The van der Waals surface area contributed by atoms with E-state index in [4.69, 9.17) is 5.11 Å². The fourth-order valence-corrected chi connectivity index (χ4v) is 3.18. The van der Waals surface area contributed by atoms with Crippen LogP contribution in [0.15, 0.2) is 11.4 Å². The average molecular weight is 277 g/mol. The van der Waals surface area contributed by atoms with Gasteiger partial charge in [-0.2, -0.15) is 0 Å². The minimum absolute atomic E-state index is 0.147. The predicted molar refractivity (Wildman–Crippen MR) is 81.2 cm³/mol. The van der Waals surface area contributed by atoms with Crippen LogP contribution in [0.1, 0.15) is 43.6 Å². The second-order valence-electron chi connectivity index (χ2n) is 5.97. The lowest BCUT2D eigenvalue weighted by atomic mass is 9.83. The van der Waals surface area contributed by atoms with Crippen molar-refractivity contribution in [2.24, 2.45) is 5.41 Å². The van der Waals surface area contributed by atoms with E-state index in [9.17, 15) is 0 Å². The van der Waals surface area contributed by atoms with E-state index in [0.29, 0.717) is 11.8 Å². The third-order valence-electron chi connectivity index (χ3n) is 3.78. The highest BCUT2D eigenvalue weighted by Crippen LogP contribution is 2.31. The molecule has 2 rings (SSSR count). The maximum absolute atomic E-state index is 8.77. The van der Waals surface area contributed by atoms with Gasteiger partial charge in [0.1, 0.15) is 0 Å². The van der Waals surface area contributed by atoms with E-state index in [1.54, 1.807) is 11.3 Å². The Labute approximate surface area is 120 Å². The molecule has 0 bridgehead atoms. The van der Waals surface area contributed by atoms with Crippen LogP contribution in [0.25, 0.3) is 0 Å². The Morgan fingerprint density at radius 1 is 1.37 bits per heavy atom. The molecule has 1 aromatic heterocycles. The van der Waals surface area contributed by atoms with Crippen molar-refractivity contribution in [2.75, 3.05) is 19.7 Å². The first kappa shape index (κ1) is 14.6. The van der Waals surface area contributed by atoms with Gasteiger partial charge in [0.15, 0.2) is 0 Å². The summed E-state index contributed by atoms with van der Waals surface area (Å²) in [6, 6.07) is 2.10.